The Morgan fingerprint density at radius 3 is 2.56 bits per heavy atom. The fourth-order valence-corrected chi connectivity index (χ4v) is 5.09. The molecule has 25 heavy (non-hydrogen) atoms. The zero-order valence-corrected chi connectivity index (χ0v) is 16.1. The van der Waals surface area contributed by atoms with E-state index in [1.54, 1.807) is 12.2 Å². The second-order valence-corrected chi connectivity index (χ2v) is 8.67. The van der Waals surface area contributed by atoms with E-state index in [2.05, 4.69) is 32.3 Å². The maximum absolute atomic E-state index is 12.6. The molecule has 1 aliphatic heterocycles. The summed E-state index contributed by atoms with van der Waals surface area (Å²) in [5, 5.41) is 0. The molecule has 0 amide bonds. The summed E-state index contributed by atoms with van der Waals surface area (Å²) in [6, 6.07) is 0. The van der Waals surface area contributed by atoms with E-state index in [9.17, 15) is 4.79 Å². The van der Waals surface area contributed by atoms with Gasteiger partial charge in [0.25, 0.3) is 0 Å². The Balaban J connectivity index is 1.66. The van der Waals surface area contributed by atoms with Gasteiger partial charge in [-0.05, 0) is 43.4 Å². The van der Waals surface area contributed by atoms with Crippen LogP contribution in [0.3, 0.4) is 0 Å². The summed E-state index contributed by atoms with van der Waals surface area (Å²) in [5.74, 6) is 0.465. The fourth-order valence-electron chi connectivity index (χ4n) is 5.09. The predicted molar refractivity (Wildman–Crippen MR) is 99.0 cm³/mol. The molecule has 2 bridgehead atoms. The summed E-state index contributed by atoms with van der Waals surface area (Å²) >= 11 is 0. The van der Waals surface area contributed by atoms with Crippen molar-refractivity contribution in [1.82, 2.24) is 4.90 Å². The minimum atomic E-state index is -0.210. The second kappa shape index (κ2) is 7.14. The topological polar surface area (TPSA) is 38.8 Å². The molecule has 1 saturated heterocycles. The lowest BCUT2D eigenvalue weighted by Gasteiger charge is -2.38. The molecule has 3 atom stereocenters. The Kier molecular flexibility index (Phi) is 5.29. The van der Waals surface area contributed by atoms with Crippen LogP contribution in [-0.2, 0) is 14.3 Å². The van der Waals surface area contributed by atoms with Crippen molar-refractivity contribution in [2.75, 3.05) is 26.3 Å². The van der Waals surface area contributed by atoms with Gasteiger partial charge in [-0.3, -0.25) is 0 Å². The first-order valence-corrected chi connectivity index (χ1v) is 9.73. The second-order valence-electron chi connectivity index (χ2n) is 8.67. The molecule has 140 valence electrons. The Hall–Kier alpha value is -1.29. The highest BCUT2D eigenvalue weighted by Gasteiger charge is 2.62. The van der Waals surface area contributed by atoms with E-state index in [1.807, 2.05) is 0 Å². The van der Waals surface area contributed by atoms with Gasteiger partial charge in [0.15, 0.2) is 0 Å². The largest absolute Gasteiger partial charge is 0.459 e. The zero-order valence-electron chi connectivity index (χ0n) is 16.1. The lowest BCUT2D eigenvalue weighted by atomic mass is 9.70. The molecule has 2 saturated carbocycles. The number of fused-ring (bicyclic) bond motifs is 2. The van der Waals surface area contributed by atoms with Crippen molar-refractivity contribution < 1.29 is 14.3 Å². The molecular formula is C21H33NO3. The van der Waals surface area contributed by atoms with Gasteiger partial charge >= 0.3 is 5.97 Å². The van der Waals surface area contributed by atoms with E-state index in [-0.39, 0.29) is 22.9 Å². The van der Waals surface area contributed by atoms with E-state index in [0.717, 1.165) is 31.6 Å². The molecule has 0 N–H and O–H groups in total. The number of hydrogen-bond donors (Lipinski definition) is 0. The predicted octanol–water partition coefficient (Wildman–Crippen LogP) is 3.93. The number of ether oxygens (including phenoxy) is 2. The molecule has 0 radical (unpaired) electrons. The molecule has 0 aromatic carbocycles. The monoisotopic (exact) mass is 347 g/mol. The molecule has 4 nitrogen and oxygen atoms in total. The van der Waals surface area contributed by atoms with Crippen molar-refractivity contribution in [1.29, 1.82) is 0 Å². The maximum atomic E-state index is 12.6. The third kappa shape index (κ3) is 3.38. The third-order valence-corrected chi connectivity index (χ3v) is 7.25. The number of rotatable bonds is 7. The third-order valence-electron chi connectivity index (χ3n) is 7.25. The minimum absolute atomic E-state index is 0.0407. The number of hydrogen-bond acceptors (Lipinski definition) is 4. The molecule has 0 aromatic rings. The van der Waals surface area contributed by atoms with E-state index in [1.165, 1.54) is 19.3 Å². The molecule has 2 aliphatic carbocycles. The summed E-state index contributed by atoms with van der Waals surface area (Å²) in [5.41, 5.74) is 1.30. The van der Waals surface area contributed by atoms with Crippen LogP contribution in [0.15, 0.2) is 24.4 Å². The van der Waals surface area contributed by atoms with Gasteiger partial charge in [0, 0.05) is 30.3 Å². The summed E-state index contributed by atoms with van der Waals surface area (Å²) in [7, 11) is 0. The van der Waals surface area contributed by atoms with Gasteiger partial charge in [0.2, 0.25) is 0 Å². The van der Waals surface area contributed by atoms with Crippen LogP contribution >= 0.6 is 0 Å². The van der Waals surface area contributed by atoms with Gasteiger partial charge in [-0.25, -0.2) is 4.79 Å². The highest BCUT2D eigenvalue weighted by atomic mass is 16.5. The van der Waals surface area contributed by atoms with Gasteiger partial charge in [-0.2, -0.15) is 0 Å². The van der Waals surface area contributed by atoms with Gasteiger partial charge in [-0.15, -0.1) is 6.58 Å². The Morgan fingerprint density at radius 2 is 2.00 bits per heavy atom. The minimum Gasteiger partial charge on any atom is -0.459 e. The van der Waals surface area contributed by atoms with Crippen molar-refractivity contribution in [3.8, 4) is 0 Å². The molecule has 0 spiro atoms. The highest BCUT2D eigenvalue weighted by Crippen LogP contribution is 2.66. The molecular weight excluding hydrogens is 314 g/mol. The number of nitrogens with zero attached hydrogens (tertiary/aromatic N) is 1. The van der Waals surface area contributed by atoms with Crippen LogP contribution in [0.1, 0.15) is 52.9 Å². The Bertz CT molecular complexity index is 547. The van der Waals surface area contributed by atoms with Gasteiger partial charge in [0.1, 0.15) is 6.10 Å². The van der Waals surface area contributed by atoms with Crippen molar-refractivity contribution in [3.63, 3.8) is 0 Å². The molecule has 4 heteroatoms. The van der Waals surface area contributed by atoms with E-state index >= 15 is 0 Å². The molecule has 3 rings (SSSR count). The van der Waals surface area contributed by atoms with Crippen molar-refractivity contribution in [2.24, 2.45) is 16.7 Å². The standard InChI is InChI=1S/C21H33NO3/c1-5-12-24-15-17(22-10-6-7-11-22)14-19(23)25-18-13-16-8-9-21(18,4)20(16,2)3/h5,14,16,18H,1,6-13,15H2,2-4H3/b17-14-/t16-,18+,21+/m1/s1. The van der Waals surface area contributed by atoms with E-state index in [0.29, 0.717) is 19.1 Å². The number of carbonyl (C=O) groups excluding carboxylic acids is 1. The molecule has 1 heterocycles. The lowest BCUT2D eigenvalue weighted by Crippen LogP contribution is -2.38. The first kappa shape index (κ1) is 18.5. The quantitative estimate of drug-likeness (QED) is 0.303. The van der Waals surface area contributed by atoms with Crippen LogP contribution in [-0.4, -0.2) is 43.3 Å². The summed E-state index contributed by atoms with van der Waals surface area (Å²) in [6.07, 6.45) is 9.22. The lowest BCUT2D eigenvalue weighted by molar-refractivity contribution is -0.150. The first-order chi connectivity index (χ1) is 11.9. The van der Waals surface area contributed by atoms with Crippen molar-refractivity contribution in [3.05, 3.63) is 24.4 Å². The Labute approximate surface area is 152 Å². The van der Waals surface area contributed by atoms with Crippen LogP contribution in [0.25, 0.3) is 0 Å². The smallest absolute Gasteiger partial charge is 0.332 e. The average Bonchev–Trinajstić information content (AvgIpc) is 3.21. The van der Waals surface area contributed by atoms with Crippen LogP contribution in [0.2, 0.25) is 0 Å². The average molecular weight is 347 g/mol. The molecule has 0 unspecified atom stereocenters. The number of esters is 1. The SMILES string of the molecule is C=CCOC/C(=C/C(=O)O[C@H]1C[C@H]2CC[C@]1(C)C2(C)C)N1CCCC1. The number of likely N-dealkylation sites (tertiary alicyclic amines) is 1. The summed E-state index contributed by atoms with van der Waals surface area (Å²) in [6.45, 7) is 13.6. The van der Waals surface area contributed by atoms with Crippen LogP contribution < -0.4 is 0 Å². The van der Waals surface area contributed by atoms with Crippen LogP contribution in [0, 0.1) is 16.7 Å². The normalized spacial score (nSPS) is 33.7. The maximum Gasteiger partial charge on any atom is 0.332 e. The molecule has 3 fully saturated rings. The highest BCUT2D eigenvalue weighted by molar-refractivity contribution is 5.83. The van der Waals surface area contributed by atoms with Gasteiger partial charge in [0.05, 0.1) is 13.2 Å². The summed E-state index contributed by atoms with van der Waals surface area (Å²) < 4.78 is 11.6. The summed E-state index contributed by atoms with van der Waals surface area (Å²) in [4.78, 5) is 14.9. The fraction of sp³-hybridized carbons (Fsp3) is 0.762. The van der Waals surface area contributed by atoms with Crippen molar-refractivity contribution >= 4 is 5.97 Å². The molecule has 0 aromatic heterocycles. The van der Waals surface area contributed by atoms with Crippen LogP contribution in [0.5, 0.6) is 0 Å². The van der Waals surface area contributed by atoms with Crippen LogP contribution in [0.4, 0.5) is 0 Å². The van der Waals surface area contributed by atoms with Gasteiger partial charge < -0.3 is 14.4 Å². The van der Waals surface area contributed by atoms with Crippen molar-refractivity contribution in [2.45, 2.75) is 59.0 Å². The van der Waals surface area contributed by atoms with E-state index in [4.69, 9.17) is 9.47 Å². The molecule has 3 aliphatic rings. The zero-order chi connectivity index (χ0) is 18.1. The Morgan fingerprint density at radius 1 is 1.28 bits per heavy atom. The number of carbonyl (C=O) groups is 1. The first-order valence-electron chi connectivity index (χ1n) is 9.73. The van der Waals surface area contributed by atoms with E-state index < -0.39 is 0 Å². The van der Waals surface area contributed by atoms with Gasteiger partial charge in [-0.1, -0.05) is 26.8 Å².